The number of carbonyl (C=O) groups is 1. The summed E-state index contributed by atoms with van der Waals surface area (Å²) in [5.74, 6) is 1.02. The summed E-state index contributed by atoms with van der Waals surface area (Å²) in [6.45, 7) is 2.00. The number of urea groups is 1. The van der Waals surface area contributed by atoms with Crippen LogP contribution in [-0.4, -0.2) is 36.5 Å². The van der Waals surface area contributed by atoms with E-state index in [1.165, 1.54) is 31.2 Å². The first kappa shape index (κ1) is 16.5. The Morgan fingerprint density at radius 3 is 2.50 bits per heavy atom. The first-order valence-corrected chi connectivity index (χ1v) is 9.66. The van der Waals surface area contributed by atoms with Crippen LogP contribution in [0.3, 0.4) is 0 Å². The fourth-order valence-electron chi connectivity index (χ4n) is 2.45. The number of nitrogens with zero attached hydrogens (tertiary/aromatic N) is 2. The molecule has 1 saturated carbocycles. The molecule has 1 fully saturated rings. The predicted octanol–water partition coefficient (Wildman–Crippen LogP) is 2.20. The molecule has 3 rings (SSSR count). The smallest absolute Gasteiger partial charge is 0.320 e. The molecule has 24 heavy (non-hydrogen) atoms. The largest absolute Gasteiger partial charge is 0.335 e. The van der Waals surface area contributed by atoms with Crippen molar-refractivity contribution in [3.8, 4) is 5.69 Å². The quantitative estimate of drug-likeness (QED) is 0.866. The van der Waals surface area contributed by atoms with E-state index in [9.17, 15) is 13.2 Å². The van der Waals surface area contributed by atoms with Gasteiger partial charge < -0.3 is 5.32 Å². The van der Waals surface area contributed by atoms with Gasteiger partial charge >= 0.3 is 6.03 Å². The lowest BCUT2D eigenvalue weighted by Gasteiger charge is -2.12. The molecule has 0 bridgehead atoms. The topological polar surface area (TPSA) is 93.1 Å². The lowest BCUT2D eigenvalue weighted by atomic mass is 10.2. The molecule has 1 aromatic heterocycles. The Morgan fingerprint density at radius 2 is 1.92 bits per heavy atom. The number of rotatable bonds is 5. The van der Waals surface area contributed by atoms with E-state index in [0.717, 1.165) is 0 Å². The minimum Gasteiger partial charge on any atom is -0.335 e. The molecule has 8 heteroatoms. The Bertz CT molecular complexity index is 838. The van der Waals surface area contributed by atoms with Crippen molar-refractivity contribution in [3.05, 3.63) is 36.5 Å². The summed E-state index contributed by atoms with van der Waals surface area (Å²) in [7, 11) is -3.22. The fourth-order valence-corrected chi connectivity index (χ4v) is 3.08. The van der Waals surface area contributed by atoms with Crippen molar-refractivity contribution in [3.63, 3.8) is 0 Å². The summed E-state index contributed by atoms with van der Waals surface area (Å²) in [4.78, 5) is 12.2. The van der Waals surface area contributed by atoms with Crippen LogP contribution < -0.4 is 10.6 Å². The molecule has 1 heterocycles. The average Bonchev–Trinajstić information content (AvgIpc) is 3.27. The molecule has 1 aliphatic rings. The molecule has 7 nitrogen and oxygen atoms in total. The minimum atomic E-state index is -3.22. The second-order valence-corrected chi connectivity index (χ2v) is 8.15. The third-order valence-electron chi connectivity index (χ3n) is 4.05. The van der Waals surface area contributed by atoms with Gasteiger partial charge in [-0.2, -0.15) is 0 Å². The summed E-state index contributed by atoms with van der Waals surface area (Å²) < 4.78 is 24.5. The second kappa shape index (κ2) is 6.27. The van der Waals surface area contributed by atoms with Crippen molar-refractivity contribution >= 4 is 21.7 Å². The van der Waals surface area contributed by atoms with Gasteiger partial charge in [-0.15, -0.1) is 5.10 Å². The Hall–Kier alpha value is -2.35. The third kappa shape index (κ3) is 3.94. The van der Waals surface area contributed by atoms with Crippen LogP contribution >= 0.6 is 0 Å². The van der Waals surface area contributed by atoms with Crippen LogP contribution in [0.15, 0.2) is 41.4 Å². The molecule has 2 N–H and O–H groups in total. The highest BCUT2D eigenvalue weighted by molar-refractivity contribution is 7.90. The lowest BCUT2D eigenvalue weighted by Crippen LogP contribution is -2.37. The van der Waals surface area contributed by atoms with E-state index in [0.29, 0.717) is 17.4 Å². The van der Waals surface area contributed by atoms with Gasteiger partial charge in [-0.1, -0.05) is 0 Å². The number of aromatic nitrogens is 2. The van der Waals surface area contributed by atoms with Crippen LogP contribution in [0, 0.1) is 5.92 Å². The van der Waals surface area contributed by atoms with Gasteiger partial charge in [0.2, 0.25) is 0 Å². The van der Waals surface area contributed by atoms with Gasteiger partial charge in [0, 0.05) is 24.6 Å². The zero-order valence-corrected chi connectivity index (χ0v) is 14.4. The average molecular weight is 348 g/mol. The molecular formula is C16H20N4O3S. The van der Waals surface area contributed by atoms with Crippen molar-refractivity contribution < 1.29 is 13.2 Å². The fraction of sp³-hybridized carbons (Fsp3) is 0.375. The first-order chi connectivity index (χ1) is 11.3. The number of hydrogen-bond donors (Lipinski definition) is 2. The second-order valence-electron chi connectivity index (χ2n) is 6.14. The van der Waals surface area contributed by atoms with Gasteiger partial charge in [0.25, 0.3) is 0 Å². The maximum atomic E-state index is 11.9. The molecule has 1 aliphatic carbocycles. The number of sulfone groups is 1. The van der Waals surface area contributed by atoms with Gasteiger partial charge in [-0.05, 0) is 49.9 Å². The molecule has 1 aromatic carbocycles. The SMILES string of the molecule is C[C@H](NC(=O)Nc1ccn(-c2ccc(S(C)(=O)=O)cc2)n1)C1CC1. The van der Waals surface area contributed by atoms with Crippen molar-refractivity contribution in [2.45, 2.75) is 30.7 Å². The summed E-state index contributed by atoms with van der Waals surface area (Å²) in [5, 5.41) is 9.88. The maximum Gasteiger partial charge on any atom is 0.320 e. The maximum absolute atomic E-state index is 11.9. The van der Waals surface area contributed by atoms with E-state index < -0.39 is 9.84 Å². The summed E-state index contributed by atoms with van der Waals surface area (Å²) in [6, 6.07) is 7.98. The van der Waals surface area contributed by atoms with Crippen LogP contribution in [0.1, 0.15) is 19.8 Å². The minimum absolute atomic E-state index is 0.163. The number of anilines is 1. The lowest BCUT2D eigenvalue weighted by molar-refractivity contribution is 0.248. The molecule has 0 unspecified atom stereocenters. The Balaban J connectivity index is 1.65. The summed E-state index contributed by atoms with van der Waals surface area (Å²) in [6.07, 6.45) is 5.20. The summed E-state index contributed by atoms with van der Waals surface area (Å²) >= 11 is 0. The predicted molar refractivity (Wildman–Crippen MR) is 91.0 cm³/mol. The normalized spacial score (nSPS) is 15.8. The number of nitrogens with one attached hydrogen (secondary N) is 2. The van der Waals surface area contributed by atoms with E-state index >= 15 is 0 Å². The van der Waals surface area contributed by atoms with Crippen LogP contribution in [0.4, 0.5) is 10.6 Å². The molecule has 128 valence electrons. The first-order valence-electron chi connectivity index (χ1n) is 7.76. The Kier molecular flexibility index (Phi) is 4.31. The number of hydrogen-bond acceptors (Lipinski definition) is 4. The molecular weight excluding hydrogens is 328 g/mol. The van der Waals surface area contributed by atoms with E-state index in [1.54, 1.807) is 29.1 Å². The van der Waals surface area contributed by atoms with Crippen molar-refractivity contribution in [1.29, 1.82) is 0 Å². The highest BCUT2D eigenvalue weighted by Gasteiger charge is 2.28. The number of amides is 2. The monoisotopic (exact) mass is 348 g/mol. The zero-order valence-electron chi connectivity index (χ0n) is 13.6. The van der Waals surface area contributed by atoms with Crippen molar-refractivity contribution in [1.82, 2.24) is 15.1 Å². The van der Waals surface area contributed by atoms with Crippen LogP contribution in [-0.2, 0) is 9.84 Å². The van der Waals surface area contributed by atoms with Crippen molar-refractivity contribution in [2.75, 3.05) is 11.6 Å². The van der Waals surface area contributed by atoms with Gasteiger partial charge in [0.05, 0.1) is 10.6 Å². The van der Waals surface area contributed by atoms with E-state index in [1.807, 2.05) is 6.92 Å². The molecule has 0 radical (unpaired) electrons. The van der Waals surface area contributed by atoms with Crippen molar-refractivity contribution in [2.24, 2.45) is 5.92 Å². The highest BCUT2D eigenvalue weighted by atomic mass is 32.2. The third-order valence-corrected chi connectivity index (χ3v) is 5.18. The van der Waals surface area contributed by atoms with Gasteiger partial charge in [0.1, 0.15) is 0 Å². The Morgan fingerprint density at radius 1 is 1.25 bits per heavy atom. The zero-order chi connectivity index (χ0) is 17.3. The molecule has 0 aliphatic heterocycles. The van der Waals surface area contributed by atoms with Crippen LogP contribution in [0.25, 0.3) is 5.69 Å². The van der Waals surface area contributed by atoms with Gasteiger partial charge in [-0.25, -0.2) is 17.9 Å². The Labute approximate surface area is 141 Å². The van der Waals surface area contributed by atoms with Gasteiger partial charge in [-0.3, -0.25) is 5.32 Å². The highest BCUT2D eigenvalue weighted by Crippen LogP contribution is 2.32. The molecule has 2 amide bonds. The molecule has 0 saturated heterocycles. The number of carbonyl (C=O) groups excluding carboxylic acids is 1. The molecule has 1 atom stereocenters. The summed E-state index contributed by atoms with van der Waals surface area (Å²) in [5.41, 5.74) is 0.710. The standard InChI is InChI=1S/C16H20N4O3S/c1-11(12-3-4-12)17-16(21)18-15-9-10-20(19-15)13-5-7-14(8-6-13)24(2,22)23/h5-12H,3-4H2,1-2H3,(H2,17,18,19,21)/t11-/m0/s1. The number of benzene rings is 1. The van der Waals surface area contributed by atoms with Crippen LogP contribution in [0.5, 0.6) is 0 Å². The van der Waals surface area contributed by atoms with E-state index in [-0.39, 0.29) is 17.0 Å². The molecule has 0 spiro atoms. The molecule has 2 aromatic rings. The van der Waals surface area contributed by atoms with E-state index in [2.05, 4.69) is 15.7 Å². The van der Waals surface area contributed by atoms with Gasteiger partial charge in [0.15, 0.2) is 15.7 Å². The van der Waals surface area contributed by atoms with Crippen LogP contribution in [0.2, 0.25) is 0 Å². The van der Waals surface area contributed by atoms with E-state index in [4.69, 9.17) is 0 Å².